The molecule has 0 saturated heterocycles. The fourth-order valence-electron chi connectivity index (χ4n) is 1.40. The summed E-state index contributed by atoms with van der Waals surface area (Å²) in [6, 6.07) is 7.42. The second-order valence-corrected chi connectivity index (χ2v) is 5.47. The topological polar surface area (TPSA) is 29.1 Å². The van der Waals surface area contributed by atoms with E-state index in [4.69, 9.17) is 11.6 Å². The number of rotatable bonds is 6. The van der Waals surface area contributed by atoms with Gasteiger partial charge in [-0.2, -0.15) is 11.8 Å². The zero-order valence-corrected chi connectivity index (χ0v) is 11.8. The molecule has 1 amide bonds. The molecule has 0 bridgehead atoms. The average Bonchev–Trinajstić information content (AvgIpc) is 2.38. The molecule has 17 heavy (non-hydrogen) atoms. The maximum absolute atomic E-state index is 11.8. The van der Waals surface area contributed by atoms with Crippen molar-refractivity contribution >= 4 is 29.3 Å². The van der Waals surface area contributed by atoms with Crippen LogP contribution in [0.25, 0.3) is 0 Å². The van der Waals surface area contributed by atoms with Gasteiger partial charge in [-0.25, -0.2) is 0 Å². The second-order valence-electron chi connectivity index (χ2n) is 3.92. The van der Waals surface area contributed by atoms with Crippen LogP contribution in [0.4, 0.5) is 0 Å². The van der Waals surface area contributed by atoms with Gasteiger partial charge in [0.25, 0.3) is 5.91 Å². The van der Waals surface area contributed by atoms with E-state index < -0.39 is 0 Å². The molecule has 0 aromatic heterocycles. The standard InChI is InChI=1S/C13H18ClNOS/c1-10(17-2)6-7-15-13(16)12-5-3-4-11(8-12)9-14/h3-5,8,10H,6-7,9H2,1-2H3,(H,15,16). The largest absolute Gasteiger partial charge is 0.352 e. The second kappa shape index (κ2) is 7.62. The molecule has 1 unspecified atom stereocenters. The Bertz CT molecular complexity index is 370. The van der Waals surface area contributed by atoms with E-state index in [1.807, 2.05) is 36.0 Å². The number of hydrogen-bond donors (Lipinski definition) is 1. The quantitative estimate of drug-likeness (QED) is 0.805. The SMILES string of the molecule is CSC(C)CCNC(=O)c1cccc(CCl)c1. The molecule has 1 N–H and O–H groups in total. The van der Waals surface area contributed by atoms with Gasteiger partial charge in [-0.05, 0) is 30.4 Å². The molecule has 0 aliphatic carbocycles. The third-order valence-corrected chi connectivity index (χ3v) is 3.93. The van der Waals surface area contributed by atoms with Crippen molar-refractivity contribution < 1.29 is 4.79 Å². The predicted octanol–water partition coefficient (Wildman–Crippen LogP) is 3.30. The molecule has 4 heteroatoms. The molecule has 2 nitrogen and oxygen atoms in total. The highest BCUT2D eigenvalue weighted by molar-refractivity contribution is 7.99. The van der Waals surface area contributed by atoms with Gasteiger partial charge in [0.15, 0.2) is 0 Å². The molecule has 0 fully saturated rings. The van der Waals surface area contributed by atoms with Gasteiger partial charge in [0.1, 0.15) is 0 Å². The first-order valence-electron chi connectivity index (χ1n) is 5.63. The summed E-state index contributed by atoms with van der Waals surface area (Å²) in [7, 11) is 0. The number of thioether (sulfide) groups is 1. The van der Waals surface area contributed by atoms with Crippen molar-refractivity contribution in [2.45, 2.75) is 24.5 Å². The Hall–Kier alpha value is -0.670. The van der Waals surface area contributed by atoms with Gasteiger partial charge < -0.3 is 5.32 Å². The number of alkyl halides is 1. The van der Waals surface area contributed by atoms with Gasteiger partial charge in [-0.15, -0.1) is 11.6 Å². The zero-order valence-electron chi connectivity index (χ0n) is 10.2. The molecule has 1 rings (SSSR count). The molecule has 0 aliphatic rings. The zero-order chi connectivity index (χ0) is 12.7. The van der Waals surface area contributed by atoms with Crippen LogP contribution in [-0.4, -0.2) is 24.0 Å². The first-order valence-corrected chi connectivity index (χ1v) is 7.45. The summed E-state index contributed by atoms with van der Waals surface area (Å²) >= 11 is 7.54. The highest BCUT2D eigenvalue weighted by atomic mass is 35.5. The van der Waals surface area contributed by atoms with E-state index in [1.165, 1.54) is 0 Å². The number of carbonyl (C=O) groups excluding carboxylic acids is 1. The third kappa shape index (κ3) is 5.00. The van der Waals surface area contributed by atoms with E-state index in [1.54, 1.807) is 0 Å². The summed E-state index contributed by atoms with van der Waals surface area (Å²) in [6.45, 7) is 2.87. The molecular formula is C13H18ClNOS. The Balaban J connectivity index is 2.46. The first-order chi connectivity index (χ1) is 8.17. The minimum absolute atomic E-state index is 0.0229. The van der Waals surface area contributed by atoms with Gasteiger partial charge in [0.2, 0.25) is 0 Å². The van der Waals surface area contributed by atoms with E-state index >= 15 is 0 Å². The van der Waals surface area contributed by atoms with Crippen molar-refractivity contribution in [1.29, 1.82) is 0 Å². The number of carbonyl (C=O) groups is 1. The van der Waals surface area contributed by atoms with Crippen LogP contribution >= 0.6 is 23.4 Å². The van der Waals surface area contributed by atoms with Crippen LogP contribution in [-0.2, 0) is 5.88 Å². The number of benzene rings is 1. The summed E-state index contributed by atoms with van der Waals surface area (Å²) in [5.74, 6) is 0.412. The minimum atomic E-state index is -0.0229. The smallest absolute Gasteiger partial charge is 0.251 e. The minimum Gasteiger partial charge on any atom is -0.352 e. The summed E-state index contributed by atoms with van der Waals surface area (Å²) in [5.41, 5.74) is 1.65. The van der Waals surface area contributed by atoms with Crippen molar-refractivity contribution in [1.82, 2.24) is 5.32 Å². The average molecular weight is 272 g/mol. The van der Waals surface area contributed by atoms with Gasteiger partial charge in [-0.3, -0.25) is 4.79 Å². The normalized spacial score (nSPS) is 12.2. The fourth-order valence-corrected chi connectivity index (χ4v) is 1.92. The summed E-state index contributed by atoms with van der Waals surface area (Å²) in [6.07, 6.45) is 3.07. The van der Waals surface area contributed by atoms with Crippen molar-refractivity contribution in [2.75, 3.05) is 12.8 Å². The van der Waals surface area contributed by atoms with Crippen LogP contribution in [0.3, 0.4) is 0 Å². The molecule has 0 saturated carbocycles. The third-order valence-electron chi connectivity index (χ3n) is 2.58. The van der Waals surface area contributed by atoms with Crippen LogP contribution in [0, 0.1) is 0 Å². The number of halogens is 1. The van der Waals surface area contributed by atoms with E-state index in [0.717, 1.165) is 12.0 Å². The monoisotopic (exact) mass is 271 g/mol. The lowest BCUT2D eigenvalue weighted by Crippen LogP contribution is -2.26. The fraction of sp³-hybridized carbons (Fsp3) is 0.462. The van der Waals surface area contributed by atoms with Crippen LogP contribution in [0.15, 0.2) is 24.3 Å². The highest BCUT2D eigenvalue weighted by Crippen LogP contribution is 2.09. The lowest BCUT2D eigenvalue weighted by atomic mass is 10.1. The Morgan fingerprint density at radius 2 is 2.29 bits per heavy atom. The molecular weight excluding hydrogens is 254 g/mol. The molecule has 0 spiro atoms. The van der Waals surface area contributed by atoms with E-state index in [2.05, 4.69) is 18.5 Å². The molecule has 1 atom stereocenters. The molecule has 0 heterocycles. The highest BCUT2D eigenvalue weighted by Gasteiger charge is 2.06. The lowest BCUT2D eigenvalue weighted by molar-refractivity contribution is 0.0953. The summed E-state index contributed by atoms with van der Waals surface area (Å²) in [4.78, 5) is 11.8. The number of nitrogens with one attached hydrogen (secondary N) is 1. The summed E-state index contributed by atoms with van der Waals surface area (Å²) < 4.78 is 0. The van der Waals surface area contributed by atoms with E-state index in [0.29, 0.717) is 23.2 Å². The van der Waals surface area contributed by atoms with E-state index in [9.17, 15) is 4.79 Å². The van der Waals surface area contributed by atoms with Gasteiger partial charge in [0, 0.05) is 23.2 Å². The Labute approximate surface area is 112 Å². The van der Waals surface area contributed by atoms with Crippen molar-refractivity contribution in [3.05, 3.63) is 35.4 Å². The molecule has 0 aliphatic heterocycles. The maximum atomic E-state index is 11.8. The van der Waals surface area contributed by atoms with Crippen LogP contribution < -0.4 is 5.32 Å². The Morgan fingerprint density at radius 1 is 1.53 bits per heavy atom. The van der Waals surface area contributed by atoms with Gasteiger partial charge in [0.05, 0.1) is 0 Å². The molecule has 1 aromatic carbocycles. The predicted molar refractivity (Wildman–Crippen MR) is 75.9 cm³/mol. The molecule has 94 valence electrons. The first kappa shape index (κ1) is 14.4. The van der Waals surface area contributed by atoms with Crippen molar-refractivity contribution in [3.8, 4) is 0 Å². The van der Waals surface area contributed by atoms with Crippen LogP contribution in [0.2, 0.25) is 0 Å². The van der Waals surface area contributed by atoms with Crippen molar-refractivity contribution in [2.24, 2.45) is 0 Å². The van der Waals surface area contributed by atoms with E-state index in [-0.39, 0.29) is 5.91 Å². The van der Waals surface area contributed by atoms with Crippen LogP contribution in [0.5, 0.6) is 0 Å². The van der Waals surface area contributed by atoms with Gasteiger partial charge >= 0.3 is 0 Å². The maximum Gasteiger partial charge on any atom is 0.251 e. The van der Waals surface area contributed by atoms with Crippen molar-refractivity contribution in [3.63, 3.8) is 0 Å². The Morgan fingerprint density at radius 3 is 2.94 bits per heavy atom. The van der Waals surface area contributed by atoms with Crippen LogP contribution in [0.1, 0.15) is 29.3 Å². The Kier molecular flexibility index (Phi) is 6.45. The lowest BCUT2D eigenvalue weighted by Gasteiger charge is -2.09. The molecule has 0 radical (unpaired) electrons. The summed E-state index contributed by atoms with van der Waals surface area (Å²) in [5, 5.41) is 3.49. The number of hydrogen-bond acceptors (Lipinski definition) is 2. The van der Waals surface area contributed by atoms with Gasteiger partial charge in [-0.1, -0.05) is 19.1 Å². The molecule has 1 aromatic rings. The number of amides is 1.